The molecule has 7 heteroatoms. The Morgan fingerprint density at radius 3 is 1.68 bits per heavy atom. The topological polar surface area (TPSA) is 69.4 Å². The SMILES string of the molecule is CCCCCCCCCCCCCCCCCCOCC(COP(O)OCCCC[NH+](C)C)CC(C)=O. The van der Waals surface area contributed by atoms with E-state index in [4.69, 9.17) is 13.8 Å². The molecule has 0 amide bonds. The first-order valence-electron chi connectivity index (χ1n) is 15.6. The molecule has 2 atom stereocenters. The summed E-state index contributed by atoms with van der Waals surface area (Å²) in [6.07, 6.45) is 24.2. The number of hydrogen-bond acceptors (Lipinski definition) is 5. The number of ether oxygens (including phenoxy) is 1. The molecule has 0 aliphatic carbocycles. The van der Waals surface area contributed by atoms with Crippen molar-refractivity contribution < 1.29 is 28.4 Å². The number of carbonyl (C=O) groups is 1. The minimum atomic E-state index is -1.88. The van der Waals surface area contributed by atoms with Crippen LogP contribution >= 0.6 is 8.60 Å². The maximum Gasteiger partial charge on any atom is 0.329 e. The zero-order chi connectivity index (χ0) is 27.4. The maximum absolute atomic E-state index is 11.6. The molecule has 37 heavy (non-hydrogen) atoms. The van der Waals surface area contributed by atoms with E-state index < -0.39 is 8.60 Å². The first-order chi connectivity index (χ1) is 18.0. The van der Waals surface area contributed by atoms with Gasteiger partial charge in [-0.15, -0.1) is 0 Å². The number of unbranched alkanes of at least 4 members (excludes halogenated alkanes) is 16. The van der Waals surface area contributed by atoms with E-state index in [1.165, 1.54) is 101 Å². The molecular formula is C30H63NO5P+. The Bertz CT molecular complexity index is 481. The fourth-order valence-electron chi connectivity index (χ4n) is 4.50. The lowest BCUT2D eigenvalue weighted by Crippen LogP contribution is -3.05. The summed E-state index contributed by atoms with van der Waals surface area (Å²) in [6.45, 7) is 6.98. The van der Waals surface area contributed by atoms with E-state index in [1.54, 1.807) is 6.92 Å². The number of Topliss-reactive ketones (excluding diaryl/α,β-unsaturated/α-hetero) is 1. The summed E-state index contributed by atoms with van der Waals surface area (Å²) in [4.78, 5) is 23.0. The van der Waals surface area contributed by atoms with Crippen LogP contribution in [-0.2, 0) is 18.6 Å². The van der Waals surface area contributed by atoms with Gasteiger partial charge in [0.2, 0.25) is 0 Å². The average molecular weight is 549 g/mol. The lowest BCUT2D eigenvalue weighted by Gasteiger charge is -2.18. The number of rotatable bonds is 30. The third-order valence-electron chi connectivity index (χ3n) is 6.77. The third kappa shape index (κ3) is 30.3. The molecule has 2 N–H and O–H groups in total. The Kier molecular flexibility index (Phi) is 28.8. The molecule has 0 saturated heterocycles. The summed E-state index contributed by atoms with van der Waals surface area (Å²) in [5, 5.41) is 0. The van der Waals surface area contributed by atoms with Crippen LogP contribution in [0.4, 0.5) is 0 Å². The van der Waals surface area contributed by atoms with Crippen molar-refractivity contribution in [2.75, 3.05) is 47.1 Å². The highest BCUT2D eigenvalue weighted by molar-refractivity contribution is 7.40. The van der Waals surface area contributed by atoms with Gasteiger partial charge in [0.05, 0.1) is 40.5 Å². The van der Waals surface area contributed by atoms with E-state index in [1.807, 2.05) is 0 Å². The number of quaternary nitrogens is 1. The van der Waals surface area contributed by atoms with Crippen LogP contribution in [0.5, 0.6) is 0 Å². The highest BCUT2D eigenvalue weighted by Crippen LogP contribution is 2.33. The van der Waals surface area contributed by atoms with E-state index in [9.17, 15) is 9.69 Å². The molecule has 2 unspecified atom stereocenters. The van der Waals surface area contributed by atoms with E-state index in [0.29, 0.717) is 26.2 Å². The predicted octanol–water partition coefficient (Wildman–Crippen LogP) is 7.04. The predicted molar refractivity (Wildman–Crippen MR) is 157 cm³/mol. The van der Waals surface area contributed by atoms with Crippen molar-refractivity contribution in [3.05, 3.63) is 0 Å². The largest absolute Gasteiger partial charge is 0.381 e. The number of nitrogens with one attached hydrogen (secondary N) is 1. The van der Waals surface area contributed by atoms with Crippen molar-refractivity contribution in [2.24, 2.45) is 5.92 Å². The van der Waals surface area contributed by atoms with Crippen LogP contribution < -0.4 is 4.90 Å². The fraction of sp³-hybridized carbons (Fsp3) is 0.967. The minimum absolute atomic E-state index is 0.0309. The number of carbonyl (C=O) groups excluding carboxylic acids is 1. The van der Waals surface area contributed by atoms with Crippen LogP contribution in [0.15, 0.2) is 0 Å². The Balaban J connectivity index is 3.57. The van der Waals surface area contributed by atoms with Crippen LogP contribution in [0.1, 0.15) is 136 Å². The van der Waals surface area contributed by atoms with Crippen LogP contribution in [0, 0.1) is 5.92 Å². The fourth-order valence-corrected chi connectivity index (χ4v) is 5.20. The molecule has 0 radical (unpaired) electrons. The summed E-state index contributed by atoms with van der Waals surface area (Å²) in [7, 11) is 2.37. The van der Waals surface area contributed by atoms with Crippen molar-refractivity contribution in [2.45, 2.75) is 136 Å². The number of hydrogen-bond donors (Lipinski definition) is 2. The van der Waals surface area contributed by atoms with Gasteiger partial charge in [-0.2, -0.15) is 0 Å². The Labute approximate surface area is 231 Å². The molecule has 0 heterocycles. The second-order valence-corrected chi connectivity index (χ2v) is 12.2. The monoisotopic (exact) mass is 548 g/mol. The first kappa shape index (κ1) is 36.9. The lowest BCUT2D eigenvalue weighted by atomic mass is 10.0. The van der Waals surface area contributed by atoms with Gasteiger partial charge in [0.1, 0.15) is 5.78 Å². The van der Waals surface area contributed by atoms with Crippen molar-refractivity contribution in [1.82, 2.24) is 0 Å². The van der Waals surface area contributed by atoms with Gasteiger partial charge in [-0.3, -0.25) is 0 Å². The van der Waals surface area contributed by atoms with Crippen LogP contribution in [0.2, 0.25) is 0 Å². The second kappa shape index (κ2) is 28.9. The molecule has 0 aromatic rings. The van der Waals surface area contributed by atoms with Crippen molar-refractivity contribution in [1.29, 1.82) is 0 Å². The Morgan fingerprint density at radius 2 is 1.19 bits per heavy atom. The summed E-state index contributed by atoms with van der Waals surface area (Å²) >= 11 is 0. The maximum atomic E-state index is 11.6. The van der Waals surface area contributed by atoms with Crippen molar-refractivity contribution in [3.8, 4) is 0 Å². The molecule has 0 fully saturated rings. The highest BCUT2D eigenvalue weighted by Gasteiger charge is 2.16. The Morgan fingerprint density at radius 1 is 0.703 bits per heavy atom. The van der Waals surface area contributed by atoms with Gasteiger partial charge < -0.3 is 28.4 Å². The summed E-state index contributed by atoms with van der Waals surface area (Å²) in [5.41, 5.74) is 0. The van der Waals surface area contributed by atoms with Crippen LogP contribution in [-0.4, -0.2) is 57.7 Å². The second-order valence-electron chi connectivity index (χ2n) is 11.2. The third-order valence-corrected chi connectivity index (χ3v) is 7.54. The van der Waals surface area contributed by atoms with Gasteiger partial charge in [0.25, 0.3) is 0 Å². The zero-order valence-electron chi connectivity index (χ0n) is 25.1. The van der Waals surface area contributed by atoms with Gasteiger partial charge in [-0.25, -0.2) is 0 Å². The zero-order valence-corrected chi connectivity index (χ0v) is 26.0. The normalized spacial score (nSPS) is 13.4. The van der Waals surface area contributed by atoms with Gasteiger partial charge in [-0.1, -0.05) is 103 Å². The van der Waals surface area contributed by atoms with Crippen LogP contribution in [0.3, 0.4) is 0 Å². The average Bonchev–Trinajstić information content (AvgIpc) is 2.85. The molecule has 0 aromatic heterocycles. The van der Waals surface area contributed by atoms with E-state index in [2.05, 4.69) is 21.0 Å². The van der Waals surface area contributed by atoms with Gasteiger partial charge in [0, 0.05) is 18.9 Å². The molecule has 0 aliphatic rings. The quantitative estimate of drug-likeness (QED) is 0.0744. The minimum Gasteiger partial charge on any atom is -0.381 e. The van der Waals surface area contributed by atoms with Crippen molar-refractivity contribution >= 4 is 14.4 Å². The molecular weight excluding hydrogens is 485 g/mol. The Hall–Kier alpha value is -0.100. The summed E-state index contributed by atoms with van der Waals surface area (Å²) in [6, 6.07) is 0. The molecule has 0 bridgehead atoms. The standard InChI is InChI=1S/C30H62NO5P/c1-5-6-7-8-9-10-11-12-13-14-15-16-17-18-19-21-24-34-27-30(26-29(2)32)28-36-37(33)35-25-22-20-23-31(3)4/h30,33H,5-28H2,1-4H3/p+1. The molecule has 222 valence electrons. The highest BCUT2D eigenvalue weighted by atomic mass is 31.2. The van der Waals surface area contributed by atoms with Gasteiger partial charge >= 0.3 is 8.60 Å². The molecule has 0 spiro atoms. The van der Waals surface area contributed by atoms with E-state index in [0.717, 1.165) is 32.4 Å². The van der Waals surface area contributed by atoms with Gasteiger partial charge in [0.15, 0.2) is 0 Å². The number of ketones is 1. The molecule has 0 aromatic carbocycles. The molecule has 0 aliphatic heterocycles. The molecule has 0 rings (SSSR count). The smallest absolute Gasteiger partial charge is 0.329 e. The van der Waals surface area contributed by atoms with E-state index in [-0.39, 0.29) is 11.7 Å². The summed E-state index contributed by atoms with van der Waals surface area (Å²) in [5.74, 6) is 0.0885. The molecule has 0 saturated carbocycles. The summed E-state index contributed by atoms with van der Waals surface area (Å²) < 4.78 is 16.7. The first-order valence-corrected chi connectivity index (χ1v) is 16.7. The van der Waals surface area contributed by atoms with Crippen molar-refractivity contribution in [3.63, 3.8) is 0 Å². The molecule has 6 nitrogen and oxygen atoms in total. The lowest BCUT2D eigenvalue weighted by molar-refractivity contribution is -0.858. The van der Waals surface area contributed by atoms with E-state index >= 15 is 0 Å². The van der Waals surface area contributed by atoms with Gasteiger partial charge in [-0.05, 0) is 26.2 Å². The van der Waals surface area contributed by atoms with Crippen LogP contribution in [0.25, 0.3) is 0 Å².